The highest BCUT2D eigenvalue weighted by Gasteiger charge is 2.27. The van der Waals surface area contributed by atoms with Gasteiger partial charge in [-0.2, -0.15) is 4.31 Å². The lowest BCUT2D eigenvalue weighted by molar-refractivity contribution is -0.115. The number of benzene rings is 1. The zero-order valence-corrected chi connectivity index (χ0v) is 17.1. The molecule has 25 heavy (non-hydrogen) atoms. The van der Waals surface area contributed by atoms with Crippen LogP contribution in [-0.4, -0.2) is 66.6 Å². The molecule has 1 aromatic heterocycles. The van der Waals surface area contributed by atoms with Crippen LogP contribution < -0.4 is 5.32 Å². The Kier molecular flexibility index (Phi) is 5.45. The van der Waals surface area contributed by atoms with Crippen molar-refractivity contribution < 1.29 is 13.2 Å². The van der Waals surface area contributed by atoms with Gasteiger partial charge < -0.3 is 10.2 Å². The van der Waals surface area contributed by atoms with Crippen LogP contribution in [0.5, 0.6) is 0 Å². The number of alkyl halides is 1. The van der Waals surface area contributed by atoms with E-state index in [0.717, 1.165) is 17.8 Å². The van der Waals surface area contributed by atoms with Crippen LogP contribution >= 0.6 is 27.3 Å². The molecular weight excluding hydrogens is 428 g/mol. The number of amides is 1. The SMILES string of the molecule is CC(Br)C(=O)Nc1nc2ccc(S(=O)(=O)N3CCN(C)CC3)cc2s1. The number of sulfonamides is 1. The summed E-state index contributed by atoms with van der Waals surface area (Å²) in [6, 6.07) is 4.89. The van der Waals surface area contributed by atoms with Crippen LogP contribution in [0.4, 0.5) is 5.13 Å². The third kappa shape index (κ3) is 4.03. The minimum Gasteiger partial charge on any atom is -0.304 e. The summed E-state index contributed by atoms with van der Waals surface area (Å²) < 4.78 is 27.9. The van der Waals surface area contributed by atoms with Gasteiger partial charge in [0.05, 0.1) is 19.9 Å². The van der Waals surface area contributed by atoms with Crippen molar-refractivity contribution in [3.05, 3.63) is 18.2 Å². The number of anilines is 1. The molecule has 136 valence electrons. The zero-order chi connectivity index (χ0) is 18.2. The number of piperazine rings is 1. The number of likely N-dealkylation sites (N-methyl/N-ethyl adjacent to an activating group) is 1. The maximum Gasteiger partial charge on any atom is 0.243 e. The summed E-state index contributed by atoms with van der Waals surface area (Å²) in [4.78, 5) is 18.1. The van der Waals surface area contributed by atoms with Gasteiger partial charge in [-0.1, -0.05) is 27.3 Å². The molecule has 1 aromatic carbocycles. The van der Waals surface area contributed by atoms with E-state index >= 15 is 0 Å². The van der Waals surface area contributed by atoms with Gasteiger partial charge in [-0.05, 0) is 32.2 Å². The highest BCUT2D eigenvalue weighted by molar-refractivity contribution is 9.10. The Labute approximate surface area is 159 Å². The molecule has 0 bridgehead atoms. The van der Waals surface area contributed by atoms with E-state index in [1.165, 1.54) is 15.6 Å². The second kappa shape index (κ2) is 7.28. The van der Waals surface area contributed by atoms with E-state index in [4.69, 9.17) is 0 Å². The predicted molar refractivity (Wildman–Crippen MR) is 103 cm³/mol. The van der Waals surface area contributed by atoms with E-state index in [2.05, 4.69) is 31.1 Å². The number of hydrogen-bond acceptors (Lipinski definition) is 6. The number of carbonyl (C=O) groups excluding carboxylic acids is 1. The van der Waals surface area contributed by atoms with E-state index in [9.17, 15) is 13.2 Å². The molecule has 2 aromatic rings. The Bertz CT molecular complexity index is 889. The van der Waals surface area contributed by atoms with E-state index in [-0.39, 0.29) is 15.6 Å². The van der Waals surface area contributed by atoms with Gasteiger partial charge in [0.1, 0.15) is 0 Å². The van der Waals surface area contributed by atoms with Crippen LogP contribution in [0.1, 0.15) is 6.92 Å². The number of nitrogens with zero attached hydrogens (tertiary/aromatic N) is 3. The number of aromatic nitrogens is 1. The highest BCUT2D eigenvalue weighted by Crippen LogP contribution is 2.29. The average Bonchev–Trinajstić information content (AvgIpc) is 2.96. The van der Waals surface area contributed by atoms with Crippen molar-refractivity contribution >= 4 is 58.5 Å². The first kappa shape index (κ1) is 18.7. The lowest BCUT2D eigenvalue weighted by atomic mass is 10.3. The summed E-state index contributed by atoms with van der Waals surface area (Å²) in [6.45, 7) is 4.16. The fourth-order valence-electron chi connectivity index (χ4n) is 2.50. The van der Waals surface area contributed by atoms with Crippen LogP contribution in [0.3, 0.4) is 0 Å². The summed E-state index contributed by atoms with van der Waals surface area (Å²) in [7, 11) is -1.53. The number of thiazole rings is 1. The zero-order valence-electron chi connectivity index (χ0n) is 13.9. The number of halogens is 1. The van der Waals surface area contributed by atoms with Gasteiger partial charge in [0.25, 0.3) is 0 Å². The molecule has 1 saturated heterocycles. The van der Waals surface area contributed by atoms with Crippen molar-refractivity contribution in [2.45, 2.75) is 16.6 Å². The fraction of sp³-hybridized carbons (Fsp3) is 0.467. The molecule has 1 N–H and O–H groups in total. The molecule has 1 atom stereocenters. The van der Waals surface area contributed by atoms with Crippen LogP contribution in [0.15, 0.2) is 23.1 Å². The molecule has 0 saturated carbocycles. The smallest absolute Gasteiger partial charge is 0.243 e. The summed E-state index contributed by atoms with van der Waals surface area (Å²) in [5.41, 5.74) is 0.667. The molecule has 1 aliphatic heterocycles. The monoisotopic (exact) mass is 446 g/mol. The molecule has 1 fully saturated rings. The van der Waals surface area contributed by atoms with E-state index in [1.807, 2.05) is 7.05 Å². The third-order valence-electron chi connectivity index (χ3n) is 4.05. The summed E-state index contributed by atoms with van der Waals surface area (Å²) in [6.07, 6.45) is 0. The number of nitrogens with one attached hydrogen (secondary N) is 1. The van der Waals surface area contributed by atoms with Crippen LogP contribution in [-0.2, 0) is 14.8 Å². The second-order valence-electron chi connectivity index (χ2n) is 5.96. The Morgan fingerprint density at radius 1 is 1.32 bits per heavy atom. The van der Waals surface area contributed by atoms with Crippen LogP contribution in [0, 0.1) is 0 Å². The van der Waals surface area contributed by atoms with Gasteiger partial charge in [0, 0.05) is 26.2 Å². The highest BCUT2D eigenvalue weighted by atomic mass is 79.9. The number of fused-ring (bicyclic) bond motifs is 1. The van der Waals surface area contributed by atoms with Crippen molar-refractivity contribution in [1.29, 1.82) is 0 Å². The van der Waals surface area contributed by atoms with E-state index in [1.54, 1.807) is 25.1 Å². The molecule has 7 nitrogen and oxygen atoms in total. The first-order chi connectivity index (χ1) is 11.8. The molecule has 2 heterocycles. The number of carbonyl (C=O) groups is 1. The van der Waals surface area contributed by atoms with Gasteiger partial charge in [-0.3, -0.25) is 4.79 Å². The quantitative estimate of drug-likeness (QED) is 0.725. The third-order valence-corrected chi connectivity index (χ3v) is 7.30. The largest absolute Gasteiger partial charge is 0.304 e. The molecule has 1 aliphatic rings. The molecule has 0 radical (unpaired) electrons. The van der Waals surface area contributed by atoms with Crippen molar-refractivity contribution in [3.63, 3.8) is 0 Å². The van der Waals surface area contributed by atoms with Crippen molar-refractivity contribution in [3.8, 4) is 0 Å². The maximum atomic E-state index is 12.8. The van der Waals surface area contributed by atoms with Gasteiger partial charge in [-0.15, -0.1) is 0 Å². The van der Waals surface area contributed by atoms with E-state index in [0.29, 0.717) is 23.7 Å². The summed E-state index contributed by atoms with van der Waals surface area (Å²) >= 11 is 4.47. The number of hydrogen-bond donors (Lipinski definition) is 1. The lowest BCUT2D eigenvalue weighted by Crippen LogP contribution is -2.46. The van der Waals surface area contributed by atoms with Crippen molar-refractivity contribution in [1.82, 2.24) is 14.2 Å². The van der Waals surface area contributed by atoms with E-state index < -0.39 is 10.0 Å². The first-order valence-corrected chi connectivity index (χ1v) is 11.0. The average molecular weight is 447 g/mol. The Balaban J connectivity index is 1.86. The van der Waals surface area contributed by atoms with Gasteiger partial charge in [0.15, 0.2) is 5.13 Å². The minimum atomic E-state index is -3.51. The van der Waals surface area contributed by atoms with Crippen molar-refractivity contribution in [2.24, 2.45) is 0 Å². The van der Waals surface area contributed by atoms with Crippen molar-refractivity contribution in [2.75, 3.05) is 38.5 Å². The summed E-state index contributed by atoms with van der Waals surface area (Å²) in [5, 5.41) is 3.17. The first-order valence-electron chi connectivity index (χ1n) is 7.81. The van der Waals surface area contributed by atoms with Crippen LogP contribution in [0.25, 0.3) is 10.2 Å². The standard InChI is InChI=1S/C15H19BrN4O3S2/c1-10(16)14(21)18-15-17-12-4-3-11(9-13(12)24-15)25(22,23)20-7-5-19(2)6-8-20/h3-4,9-10H,5-8H2,1-2H3,(H,17,18,21). The normalized spacial score (nSPS) is 18.4. The van der Waals surface area contributed by atoms with Crippen LogP contribution in [0.2, 0.25) is 0 Å². The topological polar surface area (TPSA) is 82.6 Å². The predicted octanol–water partition coefficient (Wildman–Crippen LogP) is 1.95. The molecule has 3 rings (SSSR count). The lowest BCUT2D eigenvalue weighted by Gasteiger charge is -2.31. The molecular formula is C15H19BrN4O3S2. The molecule has 0 aliphatic carbocycles. The second-order valence-corrected chi connectivity index (χ2v) is 10.3. The minimum absolute atomic E-state index is 0.190. The fourth-order valence-corrected chi connectivity index (χ4v) is 5.05. The maximum absolute atomic E-state index is 12.8. The van der Waals surface area contributed by atoms with Gasteiger partial charge in [0.2, 0.25) is 15.9 Å². The number of rotatable bonds is 4. The Hall–Kier alpha value is -1.07. The van der Waals surface area contributed by atoms with Gasteiger partial charge >= 0.3 is 0 Å². The molecule has 1 unspecified atom stereocenters. The molecule has 0 spiro atoms. The van der Waals surface area contributed by atoms with Gasteiger partial charge in [-0.25, -0.2) is 13.4 Å². The Morgan fingerprint density at radius 2 is 2.00 bits per heavy atom. The molecule has 1 amide bonds. The summed E-state index contributed by atoms with van der Waals surface area (Å²) in [5.74, 6) is -0.190. The Morgan fingerprint density at radius 3 is 2.64 bits per heavy atom. The molecule has 10 heteroatoms.